The van der Waals surface area contributed by atoms with E-state index in [2.05, 4.69) is 5.32 Å². The molecule has 0 atom stereocenters. The van der Waals surface area contributed by atoms with Gasteiger partial charge in [-0.1, -0.05) is 18.2 Å². The predicted octanol–water partition coefficient (Wildman–Crippen LogP) is 3.74. The van der Waals surface area contributed by atoms with Gasteiger partial charge in [-0.15, -0.1) is 0 Å². The quantitative estimate of drug-likeness (QED) is 0.774. The molecule has 2 aliphatic heterocycles. The molecule has 7 heteroatoms. The summed E-state index contributed by atoms with van der Waals surface area (Å²) in [7, 11) is 0. The predicted molar refractivity (Wildman–Crippen MR) is 123 cm³/mol. The van der Waals surface area contributed by atoms with E-state index in [1.807, 2.05) is 61.2 Å². The average Bonchev–Trinajstić information content (AvgIpc) is 2.83. The molecule has 7 nitrogen and oxygen atoms in total. The summed E-state index contributed by atoms with van der Waals surface area (Å²) >= 11 is 0. The van der Waals surface area contributed by atoms with Crippen LogP contribution in [0.4, 0.5) is 10.5 Å². The molecule has 32 heavy (non-hydrogen) atoms. The van der Waals surface area contributed by atoms with Crippen molar-refractivity contribution in [1.29, 1.82) is 0 Å². The van der Waals surface area contributed by atoms with Crippen molar-refractivity contribution in [2.45, 2.75) is 33.2 Å². The number of urea groups is 1. The summed E-state index contributed by atoms with van der Waals surface area (Å²) in [6.07, 6.45) is 1.34. The fourth-order valence-electron chi connectivity index (χ4n) is 4.23. The van der Waals surface area contributed by atoms with E-state index in [1.54, 1.807) is 4.90 Å². The van der Waals surface area contributed by atoms with Gasteiger partial charge in [-0.3, -0.25) is 9.69 Å². The lowest BCUT2D eigenvalue weighted by atomic mass is 9.96. The summed E-state index contributed by atoms with van der Waals surface area (Å²) in [5.74, 6) is 1.57. The Morgan fingerprint density at radius 1 is 1.09 bits per heavy atom. The van der Waals surface area contributed by atoms with Gasteiger partial charge in [0.1, 0.15) is 18.1 Å². The van der Waals surface area contributed by atoms with Gasteiger partial charge < -0.3 is 19.7 Å². The SMILES string of the molecule is CCOc1ccc(CNC(=O)C2CCN(C(=O)N3CCOc4ccc(C)cc43)CC2)cc1. The number of hydrogen-bond donors (Lipinski definition) is 1. The summed E-state index contributed by atoms with van der Waals surface area (Å²) in [6.45, 7) is 7.28. The molecular formula is C25H31N3O4. The number of aryl methyl sites for hydroxylation is 1. The van der Waals surface area contributed by atoms with Gasteiger partial charge in [0.25, 0.3) is 0 Å². The van der Waals surface area contributed by atoms with E-state index < -0.39 is 0 Å². The monoisotopic (exact) mass is 437 g/mol. The molecule has 0 spiro atoms. The number of rotatable bonds is 5. The number of ether oxygens (including phenoxy) is 2. The van der Waals surface area contributed by atoms with Crippen molar-refractivity contribution in [3.05, 3.63) is 53.6 Å². The molecule has 0 saturated carbocycles. The van der Waals surface area contributed by atoms with Gasteiger partial charge in [-0.05, 0) is 62.1 Å². The van der Waals surface area contributed by atoms with Crippen molar-refractivity contribution < 1.29 is 19.1 Å². The number of benzene rings is 2. The molecule has 1 saturated heterocycles. The molecule has 0 radical (unpaired) electrons. The van der Waals surface area contributed by atoms with Crippen LogP contribution in [0.1, 0.15) is 30.9 Å². The van der Waals surface area contributed by atoms with Crippen LogP contribution in [-0.4, -0.2) is 49.7 Å². The molecule has 2 aromatic rings. The molecular weight excluding hydrogens is 406 g/mol. The smallest absolute Gasteiger partial charge is 0.324 e. The Balaban J connectivity index is 1.28. The van der Waals surface area contributed by atoms with Crippen LogP contribution in [0.5, 0.6) is 11.5 Å². The summed E-state index contributed by atoms with van der Waals surface area (Å²) in [5.41, 5.74) is 2.96. The topological polar surface area (TPSA) is 71.1 Å². The van der Waals surface area contributed by atoms with Crippen molar-refractivity contribution in [3.8, 4) is 11.5 Å². The number of piperidine rings is 1. The van der Waals surface area contributed by atoms with Crippen molar-refractivity contribution in [1.82, 2.24) is 10.2 Å². The van der Waals surface area contributed by atoms with Gasteiger partial charge in [-0.25, -0.2) is 4.79 Å². The fourth-order valence-corrected chi connectivity index (χ4v) is 4.23. The van der Waals surface area contributed by atoms with Gasteiger partial charge in [0, 0.05) is 25.6 Å². The van der Waals surface area contributed by atoms with Crippen LogP contribution in [0, 0.1) is 12.8 Å². The number of carbonyl (C=O) groups is 2. The normalized spacial score (nSPS) is 16.2. The average molecular weight is 438 g/mol. The van der Waals surface area contributed by atoms with E-state index in [1.165, 1.54) is 0 Å². The van der Waals surface area contributed by atoms with Gasteiger partial charge in [0.2, 0.25) is 5.91 Å². The summed E-state index contributed by atoms with van der Waals surface area (Å²) in [4.78, 5) is 29.5. The lowest BCUT2D eigenvalue weighted by Gasteiger charge is -2.37. The second-order valence-electron chi connectivity index (χ2n) is 8.31. The van der Waals surface area contributed by atoms with Crippen LogP contribution >= 0.6 is 0 Å². The lowest BCUT2D eigenvalue weighted by Crippen LogP contribution is -2.50. The number of amides is 3. The molecule has 3 amide bonds. The van der Waals surface area contributed by atoms with Crippen molar-refractivity contribution in [3.63, 3.8) is 0 Å². The molecule has 0 aliphatic carbocycles. The first-order valence-electron chi connectivity index (χ1n) is 11.3. The zero-order valence-electron chi connectivity index (χ0n) is 18.8. The Labute approximate surface area is 189 Å². The van der Waals surface area contributed by atoms with Crippen LogP contribution in [-0.2, 0) is 11.3 Å². The Hall–Kier alpha value is -3.22. The van der Waals surface area contributed by atoms with Gasteiger partial charge in [0.15, 0.2) is 0 Å². The van der Waals surface area contributed by atoms with E-state index in [4.69, 9.17) is 9.47 Å². The van der Waals surface area contributed by atoms with Crippen LogP contribution in [0.15, 0.2) is 42.5 Å². The molecule has 1 fully saturated rings. The number of hydrogen-bond acceptors (Lipinski definition) is 4. The van der Waals surface area contributed by atoms with Crippen LogP contribution in [0.25, 0.3) is 0 Å². The van der Waals surface area contributed by atoms with Crippen molar-refractivity contribution in [2.75, 3.05) is 37.7 Å². The first-order valence-corrected chi connectivity index (χ1v) is 11.3. The van der Waals surface area contributed by atoms with E-state index in [0.29, 0.717) is 52.2 Å². The molecule has 2 aliphatic rings. The number of anilines is 1. The number of nitrogens with one attached hydrogen (secondary N) is 1. The maximum atomic E-state index is 13.2. The standard InChI is InChI=1S/C25H31N3O4/c1-3-31-21-7-5-19(6-8-21)17-26-24(29)20-10-12-27(13-11-20)25(30)28-14-15-32-23-9-4-18(2)16-22(23)28/h4-9,16,20H,3,10-15,17H2,1-2H3,(H,26,29). The molecule has 0 bridgehead atoms. The molecule has 2 heterocycles. The Morgan fingerprint density at radius 2 is 1.84 bits per heavy atom. The highest BCUT2D eigenvalue weighted by molar-refractivity contribution is 5.94. The lowest BCUT2D eigenvalue weighted by molar-refractivity contribution is -0.126. The number of carbonyl (C=O) groups excluding carboxylic acids is 2. The zero-order valence-corrected chi connectivity index (χ0v) is 18.8. The molecule has 0 aromatic heterocycles. The molecule has 4 rings (SSSR count). The third-order valence-electron chi connectivity index (χ3n) is 6.05. The fraction of sp³-hybridized carbons (Fsp3) is 0.440. The van der Waals surface area contributed by atoms with Gasteiger partial charge in [-0.2, -0.15) is 0 Å². The Kier molecular flexibility index (Phi) is 6.83. The molecule has 2 aromatic carbocycles. The highest BCUT2D eigenvalue weighted by Gasteiger charge is 2.32. The van der Waals surface area contributed by atoms with Crippen molar-refractivity contribution >= 4 is 17.6 Å². The van der Waals surface area contributed by atoms with Crippen LogP contribution in [0.3, 0.4) is 0 Å². The Bertz CT molecular complexity index is 952. The maximum Gasteiger partial charge on any atom is 0.324 e. The van der Waals surface area contributed by atoms with Crippen molar-refractivity contribution in [2.24, 2.45) is 5.92 Å². The molecule has 0 unspecified atom stereocenters. The third-order valence-corrected chi connectivity index (χ3v) is 6.05. The second kappa shape index (κ2) is 9.94. The number of likely N-dealkylation sites (tertiary alicyclic amines) is 1. The van der Waals surface area contributed by atoms with Gasteiger partial charge in [0.05, 0.1) is 18.8 Å². The van der Waals surface area contributed by atoms with E-state index in [9.17, 15) is 9.59 Å². The van der Waals surface area contributed by atoms with E-state index in [0.717, 1.165) is 28.3 Å². The number of nitrogens with zero attached hydrogens (tertiary/aromatic N) is 2. The minimum absolute atomic E-state index is 0.00611. The molecule has 170 valence electrons. The molecule has 1 N–H and O–H groups in total. The minimum atomic E-state index is -0.0685. The largest absolute Gasteiger partial charge is 0.494 e. The highest BCUT2D eigenvalue weighted by Crippen LogP contribution is 2.33. The van der Waals surface area contributed by atoms with E-state index in [-0.39, 0.29) is 17.9 Å². The summed E-state index contributed by atoms with van der Waals surface area (Å²) < 4.78 is 11.2. The Morgan fingerprint density at radius 3 is 2.56 bits per heavy atom. The second-order valence-corrected chi connectivity index (χ2v) is 8.31. The first kappa shape index (κ1) is 22.0. The zero-order chi connectivity index (χ0) is 22.5. The first-order chi connectivity index (χ1) is 15.5. The third kappa shape index (κ3) is 4.98. The maximum absolute atomic E-state index is 13.2. The van der Waals surface area contributed by atoms with Gasteiger partial charge >= 0.3 is 6.03 Å². The summed E-state index contributed by atoms with van der Waals surface area (Å²) in [5, 5.41) is 3.04. The van der Waals surface area contributed by atoms with Crippen LogP contribution < -0.4 is 19.7 Å². The van der Waals surface area contributed by atoms with Crippen LogP contribution in [0.2, 0.25) is 0 Å². The number of fused-ring (bicyclic) bond motifs is 1. The summed E-state index contributed by atoms with van der Waals surface area (Å²) in [6, 6.07) is 13.7. The van der Waals surface area contributed by atoms with E-state index >= 15 is 0 Å². The highest BCUT2D eigenvalue weighted by atomic mass is 16.5. The minimum Gasteiger partial charge on any atom is -0.494 e.